The van der Waals surface area contributed by atoms with Crippen LogP contribution in [-0.4, -0.2) is 21.9 Å². The zero-order valence-corrected chi connectivity index (χ0v) is 10.6. The van der Waals surface area contributed by atoms with Crippen LogP contribution >= 0.6 is 15.9 Å². The van der Waals surface area contributed by atoms with Gasteiger partial charge in [-0.1, -0.05) is 15.9 Å². The summed E-state index contributed by atoms with van der Waals surface area (Å²) in [5.41, 5.74) is 1.81. The van der Waals surface area contributed by atoms with Gasteiger partial charge >= 0.3 is 0 Å². The highest BCUT2D eigenvalue weighted by Gasteiger charge is 2.06. The lowest BCUT2D eigenvalue weighted by Crippen LogP contribution is -2.00. The van der Waals surface area contributed by atoms with Crippen LogP contribution in [0.4, 0.5) is 0 Å². The van der Waals surface area contributed by atoms with Gasteiger partial charge in [0.2, 0.25) is 0 Å². The minimum Gasteiger partial charge on any atom is -0.467 e. The van der Waals surface area contributed by atoms with Crippen LogP contribution in [-0.2, 0) is 6.42 Å². The zero-order valence-electron chi connectivity index (χ0n) is 9.01. The van der Waals surface area contributed by atoms with E-state index in [9.17, 15) is 0 Å². The molecule has 0 radical (unpaired) electrons. The second-order valence-corrected chi connectivity index (χ2v) is 4.31. The number of hydrogen-bond acceptors (Lipinski definition) is 4. The van der Waals surface area contributed by atoms with E-state index < -0.39 is 0 Å². The van der Waals surface area contributed by atoms with Crippen molar-refractivity contribution in [1.29, 1.82) is 0 Å². The molecule has 0 amide bonds. The van der Waals surface area contributed by atoms with Gasteiger partial charge in [0, 0.05) is 35.0 Å². The molecule has 17 heavy (non-hydrogen) atoms. The Morgan fingerprint density at radius 3 is 2.88 bits per heavy atom. The molecule has 2 rings (SSSR count). The predicted octanol–water partition coefficient (Wildman–Crippen LogP) is 2.16. The molecule has 0 saturated heterocycles. The number of benzene rings is 1. The maximum atomic E-state index is 8.82. The van der Waals surface area contributed by atoms with Crippen molar-refractivity contribution < 1.29 is 9.84 Å². The Balaban J connectivity index is 2.27. The SMILES string of the molecule is OCOc1ccc(Br)cc1Cc1cnccn1. The van der Waals surface area contributed by atoms with E-state index in [1.54, 1.807) is 18.6 Å². The molecule has 1 aromatic carbocycles. The summed E-state index contributed by atoms with van der Waals surface area (Å²) < 4.78 is 6.11. The Morgan fingerprint density at radius 1 is 1.29 bits per heavy atom. The highest BCUT2D eigenvalue weighted by atomic mass is 79.9. The van der Waals surface area contributed by atoms with Gasteiger partial charge in [-0.05, 0) is 18.2 Å². The Kier molecular flexibility index (Phi) is 4.06. The van der Waals surface area contributed by atoms with Crippen molar-refractivity contribution in [3.05, 3.63) is 52.5 Å². The van der Waals surface area contributed by atoms with Crippen LogP contribution in [0.3, 0.4) is 0 Å². The van der Waals surface area contributed by atoms with E-state index in [1.165, 1.54) is 0 Å². The molecule has 0 aliphatic rings. The van der Waals surface area contributed by atoms with Crippen molar-refractivity contribution in [3.63, 3.8) is 0 Å². The number of ether oxygens (including phenoxy) is 1. The molecule has 1 heterocycles. The molecule has 0 fully saturated rings. The first kappa shape index (κ1) is 12.0. The molecule has 0 atom stereocenters. The van der Waals surface area contributed by atoms with E-state index >= 15 is 0 Å². The number of aliphatic hydroxyl groups excluding tert-OH is 1. The Hall–Kier alpha value is -1.46. The lowest BCUT2D eigenvalue weighted by Gasteiger charge is -2.09. The predicted molar refractivity (Wildman–Crippen MR) is 66.7 cm³/mol. The molecule has 0 spiro atoms. The fraction of sp³-hybridized carbons (Fsp3) is 0.167. The first-order chi connectivity index (χ1) is 8.29. The molecular formula is C12H11BrN2O2. The molecule has 5 heteroatoms. The fourth-order valence-electron chi connectivity index (χ4n) is 1.51. The Morgan fingerprint density at radius 2 is 2.18 bits per heavy atom. The summed E-state index contributed by atoms with van der Waals surface area (Å²) in [7, 11) is 0. The van der Waals surface area contributed by atoms with Gasteiger partial charge in [0.15, 0.2) is 6.79 Å². The minimum atomic E-state index is -0.338. The van der Waals surface area contributed by atoms with Crippen LogP contribution in [0, 0.1) is 0 Å². The highest BCUT2D eigenvalue weighted by molar-refractivity contribution is 9.10. The number of aromatic nitrogens is 2. The first-order valence-electron chi connectivity index (χ1n) is 5.06. The lowest BCUT2D eigenvalue weighted by atomic mass is 10.1. The average Bonchev–Trinajstić information content (AvgIpc) is 2.34. The molecule has 0 unspecified atom stereocenters. The van der Waals surface area contributed by atoms with Crippen molar-refractivity contribution in [2.45, 2.75) is 6.42 Å². The maximum Gasteiger partial charge on any atom is 0.186 e. The molecule has 2 aromatic rings. The van der Waals surface area contributed by atoms with Crippen LogP contribution in [0.2, 0.25) is 0 Å². The standard InChI is InChI=1S/C12H11BrN2O2/c13-10-1-2-12(17-8-16)9(5-10)6-11-7-14-3-4-15-11/h1-5,7,16H,6,8H2. The van der Waals surface area contributed by atoms with Crippen LogP contribution < -0.4 is 4.74 Å². The molecule has 88 valence electrons. The number of aliphatic hydroxyl groups is 1. The van der Waals surface area contributed by atoms with Gasteiger partial charge < -0.3 is 9.84 Å². The second-order valence-electron chi connectivity index (χ2n) is 3.40. The third kappa shape index (κ3) is 3.25. The molecule has 0 bridgehead atoms. The molecule has 0 saturated carbocycles. The number of nitrogens with zero attached hydrogens (tertiary/aromatic N) is 2. The zero-order chi connectivity index (χ0) is 12.1. The average molecular weight is 295 g/mol. The van der Waals surface area contributed by atoms with Crippen molar-refractivity contribution in [2.75, 3.05) is 6.79 Å². The summed E-state index contributed by atoms with van der Waals surface area (Å²) in [5.74, 6) is 0.654. The number of halogens is 1. The van der Waals surface area contributed by atoms with Gasteiger partial charge in [-0.2, -0.15) is 0 Å². The second kappa shape index (κ2) is 5.75. The summed E-state index contributed by atoms with van der Waals surface area (Å²) in [5, 5.41) is 8.82. The van der Waals surface area contributed by atoms with Crippen LogP contribution in [0.5, 0.6) is 5.75 Å². The Labute approximate surface area is 107 Å². The van der Waals surface area contributed by atoms with Gasteiger partial charge in [-0.25, -0.2) is 0 Å². The van der Waals surface area contributed by atoms with E-state index in [0.29, 0.717) is 12.2 Å². The smallest absolute Gasteiger partial charge is 0.186 e. The van der Waals surface area contributed by atoms with Crippen molar-refractivity contribution in [2.24, 2.45) is 0 Å². The summed E-state index contributed by atoms with van der Waals surface area (Å²) in [4.78, 5) is 8.22. The van der Waals surface area contributed by atoms with Crippen molar-refractivity contribution >= 4 is 15.9 Å². The normalized spacial score (nSPS) is 10.2. The van der Waals surface area contributed by atoms with E-state index in [0.717, 1.165) is 15.7 Å². The number of rotatable bonds is 4. The van der Waals surface area contributed by atoms with Crippen molar-refractivity contribution in [3.8, 4) is 5.75 Å². The third-order valence-corrected chi connectivity index (χ3v) is 2.72. The highest BCUT2D eigenvalue weighted by Crippen LogP contribution is 2.25. The molecule has 0 aliphatic heterocycles. The summed E-state index contributed by atoms with van der Waals surface area (Å²) in [6.07, 6.45) is 5.61. The molecule has 1 aromatic heterocycles. The summed E-state index contributed by atoms with van der Waals surface area (Å²) >= 11 is 3.41. The van der Waals surface area contributed by atoms with Gasteiger partial charge in [0.1, 0.15) is 5.75 Å². The van der Waals surface area contributed by atoms with E-state index in [1.807, 2.05) is 18.2 Å². The molecule has 0 aliphatic carbocycles. The van der Waals surface area contributed by atoms with E-state index in [4.69, 9.17) is 9.84 Å². The molecular weight excluding hydrogens is 284 g/mol. The van der Waals surface area contributed by atoms with Crippen LogP contribution in [0.25, 0.3) is 0 Å². The fourth-order valence-corrected chi connectivity index (χ4v) is 1.92. The van der Waals surface area contributed by atoms with Gasteiger partial charge in [-0.3, -0.25) is 9.97 Å². The largest absolute Gasteiger partial charge is 0.467 e. The molecule has 1 N–H and O–H groups in total. The summed E-state index contributed by atoms with van der Waals surface area (Å²) in [6.45, 7) is -0.338. The van der Waals surface area contributed by atoms with Gasteiger partial charge in [0.05, 0.1) is 5.69 Å². The van der Waals surface area contributed by atoms with Crippen LogP contribution in [0.1, 0.15) is 11.3 Å². The Bertz CT molecular complexity index is 491. The van der Waals surface area contributed by atoms with Crippen molar-refractivity contribution in [1.82, 2.24) is 9.97 Å². The van der Waals surface area contributed by atoms with Crippen LogP contribution in [0.15, 0.2) is 41.3 Å². The van der Waals surface area contributed by atoms with E-state index in [-0.39, 0.29) is 6.79 Å². The number of hydrogen-bond donors (Lipinski definition) is 1. The quantitative estimate of drug-likeness (QED) is 0.878. The first-order valence-corrected chi connectivity index (χ1v) is 5.86. The topological polar surface area (TPSA) is 55.2 Å². The molecule has 4 nitrogen and oxygen atoms in total. The van der Waals surface area contributed by atoms with Gasteiger partial charge in [0.25, 0.3) is 0 Å². The third-order valence-electron chi connectivity index (χ3n) is 2.23. The minimum absolute atomic E-state index is 0.338. The summed E-state index contributed by atoms with van der Waals surface area (Å²) in [6, 6.07) is 5.62. The maximum absolute atomic E-state index is 8.82. The monoisotopic (exact) mass is 294 g/mol. The van der Waals surface area contributed by atoms with Gasteiger partial charge in [-0.15, -0.1) is 0 Å². The lowest BCUT2D eigenvalue weighted by molar-refractivity contribution is 0.0976. The van der Waals surface area contributed by atoms with E-state index in [2.05, 4.69) is 25.9 Å².